The summed E-state index contributed by atoms with van der Waals surface area (Å²) in [5.74, 6) is 0.807. The highest BCUT2D eigenvalue weighted by Crippen LogP contribution is 2.31. The van der Waals surface area contributed by atoms with E-state index in [0.717, 1.165) is 0 Å². The van der Waals surface area contributed by atoms with Crippen LogP contribution in [0.1, 0.15) is 12.8 Å². The number of fused-ring (bicyclic) bond motifs is 2. The maximum atomic E-state index is 12.3. The molecule has 0 spiro atoms. The minimum atomic E-state index is -5.38. The molecule has 0 aromatic heterocycles. The van der Waals surface area contributed by atoms with Gasteiger partial charge in [0.25, 0.3) is 5.91 Å². The molecule has 0 aromatic rings. The van der Waals surface area contributed by atoms with E-state index in [9.17, 15) is 36.0 Å². The third-order valence-corrected chi connectivity index (χ3v) is 3.83. The Balaban J connectivity index is 2.17. The van der Waals surface area contributed by atoms with Crippen LogP contribution in [0.2, 0.25) is 0 Å². The standard InChI is InChI=1S/C9H11F3N4O7S/c10-9(11,12)7(18)15(13)6(17)5-2-1-4-3-14(5)8(19)16(4)23-24(20,21)22/h4-5H,1-3,13H2,(H,20,21,22)/t4-,5+/m0/s1. The number of imide groups is 1. The van der Waals surface area contributed by atoms with Crippen molar-refractivity contribution in [3.8, 4) is 0 Å². The Morgan fingerprint density at radius 3 is 2.42 bits per heavy atom. The summed E-state index contributed by atoms with van der Waals surface area (Å²) in [6, 6.07) is -3.51. The van der Waals surface area contributed by atoms with Crippen molar-refractivity contribution in [1.82, 2.24) is 15.0 Å². The summed E-state index contributed by atoms with van der Waals surface area (Å²) in [5, 5.41) is -0.334. The molecule has 2 aliphatic rings. The fraction of sp³-hybridized carbons (Fsp3) is 0.667. The fourth-order valence-corrected chi connectivity index (χ4v) is 2.87. The molecule has 0 radical (unpaired) electrons. The van der Waals surface area contributed by atoms with Gasteiger partial charge in [-0.3, -0.25) is 14.1 Å². The zero-order valence-corrected chi connectivity index (χ0v) is 12.5. The maximum absolute atomic E-state index is 12.3. The van der Waals surface area contributed by atoms with Gasteiger partial charge in [0.2, 0.25) is 0 Å². The second kappa shape index (κ2) is 5.83. The molecule has 15 heteroatoms. The first-order chi connectivity index (χ1) is 10.8. The molecule has 136 valence electrons. The lowest BCUT2D eigenvalue weighted by Crippen LogP contribution is -2.57. The number of alkyl halides is 3. The molecule has 2 saturated heterocycles. The number of nitrogens with zero attached hydrogens (tertiary/aromatic N) is 3. The predicted octanol–water partition coefficient (Wildman–Crippen LogP) is -1.22. The number of nitrogens with two attached hydrogens (primary N) is 1. The SMILES string of the molecule is NN(C(=O)[C@H]1CC[C@H]2CN1C(=O)N2OS(=O)(=O)O)C(=O)C(F)(F)F. The number of piperidine rings is 1. The van der Waals surface area contributed by atoms with E-state index < -0.39 is 51.5 Å². The Kier molecular flexibility index (Phi) is 4.47. The second-order valence-electron chi connectivity index (χ2n) is 5.02. The Hall–Kier alpha value is -1.97. The normalized spacial score (nSPS) is 24.3. The van der Waals surface area contributed by atoms with Gasteiger partial charge in [0, 0.05) is 6.54 Å². The van der Waals surface area contributed by atoms with E-state index in [1.165, 1.54) is 0 Å². The molecule has 11 nitrogen and oxygen atoms in total. The second-order valence-corrected chi connectivity index (χ2v) is 6.03. The number of halogens is 3. The number of hydroxylamine groups is 2. The van der Waals surface area contributed by atoms with Gasteiger partial charge in [-0.2, -0.15) is 26.7 Å². The number of urea groups is 1. The number of carbonyl (C=O) groups is 3. The Labute approximate surface area is 132 Å². The van der Waals surface area contributed by atoms with Crippen molar-refractivity contribution < 1.29 is 44.8 Å². The van der Waals surface area contributed by atoms with Crippen LogP contribution in [0.15, 0.2) is 0 Å². The van der Waals surface area contributed by atoms with Crippen LogP contribution in [0, 0.1) is 0 Å². The molecule has 3 N–H and O–H groups in total. The van der Waals surface area contributed by atoms with Crippen LogP contribution in [0.3, 0.4) is 0 Å². The summed E-state index contributed by atoms with van der Waals surface area (Å²) in [6.07, 6.45) is -5.58. The highest BCUT2D eigenvalue weighted by Gasteiger charge is 2.52. The van der Waals surface area contributed by atoms with Crippen LogP contribution in [-0.2, 0) is 24.3 Å². The van der Waals surface area contributed by atoms with Crippen LogP contribution in [0.4, 0.5) is 18.0 Å². The topological polar surface area (TPSA) is 151 Å². The third kappa shape index (κ3) is 3.42. The lowest BCUT2D eigenvalue weighted by Gasteiger charge is -2.31. The van der Waals surface area contributed by atoms with Crippen LogP contribution < -0.4 is 5.84 Å². The monoisotopic (exact) mass is 376 g/mol. The smallest absolute Gasteiger partial charge is 0.309 e. The van der Waals surface area contributed by atoms with Gasteiger partial charge in [0.05, 0.1) is 6.04 Å². The number of rotatable bonds is 3. The van der Waals surface area contributed by atoms with Crippen LogP contribution in [0.5, 0.6) is 0 Å². The van der Waals surface area contributed by atoms with E-state index in [1.54, 1.807) is 0 Å². The highest BCUT2D eigenvalue weighted by molar-refractivity contribution is 7.80. The van der Waals surface area contributed by atoms with E-state index >= 15 is 0 Å². The highest BCUT2D eigenvalue weighted by atomic mass is 32.3. The average molecular weight is 376 g/mol. The molecule has 2 bridgehead atoms. The van der Waals surface area contributed by atoms with Crippen molar-refractivity contribution in [2.75, 3.05) is 6.54 Å². The molecule has 2 atom stereocenters. The van der Waals surface area contributed by atoms with Crippen LogP contribution >= 0.6 is 0 Å². The fourth-order valence-electron chi connectivity index (χ4n) is 2.49. The summed E-state index contributed by atoms with van der Waals surface area (Å²) in [6.45, 7) is -0.251. The van der Waals surface area contributed by atoms with Gasteiger partial charge in [-0.1, -0.05) is 0 Å². The van der Waals surface area contributed by atoms with Gasteiger partial charge >= 0.3 is 28.5 Å². The summed E-state index contributed by atoms with van der Waals surface area (Å²) in [5.41, 5.74) is 0. The van der Waals surface area contributed by atoms with Crippen LogP contribution in [-0.4, -0.2) is 70.6 Å². The average Bonchev–Trinajstić information content (AvgIpc) is 2.68. The molecular weight excluding hydrogens is 365 g/mol. The minimum Gasteiger partial charge on any atom is -0.309 e. The lowest BCUT2D eigenvalue weighted by molar-refractivity contribution is -0.189. The largest absolute Gasteiger partial charge is 0.473 e. The van der Waals surface area contributed by atoms with E-state index in [4.69, 9.17) is 10.4 Å². The zero-order chi connectivity index (χ0) is 18.4. The lowest BCUT2D eigenvalue weighted by atomic mass is 10.00. The number of carbonyl (C=O) groups excluding carboxylic acids is 3. The number of hydrazine groups is 1. The Morgan fingerprint density at radius 2 is 1.92 bits per heavy atom. The van der Waals surface area contributed by atoms with Gasteiger partial charge < -0.3 is 4.90 Å². The first kappa shape index (κ1) is 18.4. The van der Waals surface area contributed by atoms with Crippen molar-refractivity contribution in [3.63, 3.8) is 0 Å². The van der Waals surface area contributed by atoms with Gasteiger partial charge in [-0.05, 0) is 12.8 Å². The Bertz CT molecular complexity index is 681. The molecule has 0 unspecified atom stereocenters. The molecule has 2 fully saturated rings. The molecule has 4 amide bonds. The Morgan fingerprint density at radius 1 is 1.33 bits per heavy atom. The molecule has 24 heavy (non-hydrogen) atoms. The van der Waals surface area contributed by atoms with Gasteiger partial charge in [0.15, 0.2) is 0 Å². The first-order valence-corrected chi connectivity index (χ1v) is 7.66. The van der Waals surface area contributed by atoms with Crippen molar-refractivity contribution in [2.24, 2.45) is 5.84 Å². The van der Waals surface area contributed by atoms with E-state index in [-0.39, 0.29) is 19.4 Å². The zero-order valence-electron chi connectivity index (χ0n) is 11.6. The van der Waals surface area contributed by atoms with Gasteiger partial charge in [-0.15, -0.1) is 4.28 Å². The van der Waals surface area contributed by atoms with Gasteiger partial charge in [0.1, 0.15) is 6.04 Å². The van der Waals surface area contributed by atoms with E-state index in [2.05, 4.69) is 4.28 Å². The van der Waals surface area contributed by atoms with Crippen molar-refractivity contribution in [2.45, 2.75) is 31.1 Å². The van der Waals surface area contributed by atoms with Crippen molar-refractivity contribution >= 4 is 28.2 Å². The van der Waals surface area contributed by atoms with Crippen molar-refractivity contribution in [3.05, 3.63) is 0 Å². The summed E-state index contributed by atoms with van der Waals surface area (Å²) in [4.78, 5) is 35.7. The van der Waals surface area contributed by atoms with Crippen molar-refractivity contribution in [1.29, 1.82) is 0 Å². The summed E-state index contributed by atoms with van der Waals surface area (Å²) >= 11 is 0. The summed E-state index contributed by atoms with van der Waals surface area (Å²) < 4.78 is 71.0. The number of amides is 4. The van der Waals surface area contributed by atoms with E-state index in [1.807, 2.05) is 0 Å². The number of hydrogen-bond acceptors (Lipinski definition) is 7. The van der Waals surface area contributed by atoms with E-state index in [0.29, 0.717) is 9.96 Å². The quantitative estimate of drug-likeness (QED) is 0.269. The first-order valence-electron chi connectivity index (χ1n) is 6.29. The number of hydrogen-bond donors (Lipinski definition) is 2. The molecule has 2 rings (SSSR count). The molecule has 0 saturated carbocycles. The minimum absolute atomic E-state index is 0.0256. The third-order valence-electron chi connectivity index (χ3n) is 3.48. The molecule has 2 heterocycles. The predicted molar refractivity (Wildman–Crippen MR) is 65.5 cm³/mol. The molecular formula is C9H11F3N4O7S. The molecule has 0 aliphatic carbocycles. The molecule has 0 aromatic carbocycles. The molecule has 2 aliphatic heterocycles. The summed E-state index contributed by atoms with van der Waals surface area (Å²) in [7, 11) is -5.01. The maximum Gasteiger partial charge on any atom is 0.473 e. The van der Waals surface area contributed by atoms with Crippen LogP contribution in [0.25, 0.3) is 0 Å². The van der Waals surface area contributed by atoms with Gasteiger partial charge in [-0.25, -0.2) is 15.6 Å².